The lowest BCUT2D eigenvalue weighted by atomic mass is 9.84. The molecule has 2 heterocycles. The summed E-state index contributed by atoms with van der Waals surface area (Å²) in [7, 11) is 5.75. The van der Waals surface area contributed by atoms with Crippen LogP contribution in [0.25, 0.3) is 0 Å². The number of aliphatic imine (C=N–C) groups is 1. The first-order valence-corrected chi connectivity index (χ1v) is 10.1. The topological polar surface area (TPSA) is 63.2 Å². The minimum absolute atomic E-state index is 0.0206. The van der Waals surface area contributed by atoms with Crippen LogP contribution < -0.4 is 10.6 Å². The molecule has 0 bridgehead atoms. The third kappa shape index (κ3) is 5.84. The Hall–Kier alpha value is -1.34. The molecule has 150 valence electrons. The Balaban J connectivity index is 2.03. The van der Waals surface area contributed by atoms with Crippen molar-refractivity contribution in [1.29, 1.82) is 0 Å². The second-order valence-electron chi connectivity index (χ2n) is 7.91. The number of carbonyl (C=O) groups is 1. The summed E-state index contributed by atoms with van der Waals surface area (Å²) in [5.74, 6) is 0.769. The lowest BCUT2D eigenvalue weighted by Crippen LogP contribution is -2.62. The number of rotatable bonds is 6. The van der Waals surface area contributed by atoms with Crippen molar-refractivity contribution >= 4 is 11.9 Å². The van der Waals surface area contributed by atoms with E-state index in [1.165, 1.54) is 45.2 Å². The molecule has 0 aromatic rings. The lowest BCUT2D eigenvalue weighted by molar-refractivity contribution is -0.127. The second kappa shape index (κ2) is 10.1. The molecule has 0 unspecified atom stereocenters. The summed E-state index contributed by atoms with van der Waals surface area (Å²) in [4.78, 5) is 23.1. The van der Waals surface area contributed by atoms with Crippen LogP contribution in [0.15, 0.2) is 4.99 Å². The van der Waals surface area contributed by atoms with Crippen molar-refractivity contribution in [3.63, 3.8) is 0 Å². The van der Waals surface area contributed by atoms with Gasteiger partial charge >= 0.3 is 0 Å². The van der Waals surface area contributed by atoms with Crippen molar-refractivity contribution in [3.05, 3.63) is 0 Å². The molecule has 2 fully saturated rings. The maximum absolute atomic E-state index is 11.9. The van der Waals surface area contributed by atoms with Gasteiger partial charge in [0.1, 0.15) is 6.54 Å². The van der Waals surface area contributed by atoms with Gasteiger partial charge in [0.05, 0.1) is 0 Å². The monoisotopic (exact) mass is 366 g/mol. The molecule has 26 heavy (non-hydrogen) atoms. The Kier molecular flexibility index (Phi) is 8.15. The third-order valence-corrected chi connectivity index (χ3v) is 5.74. The van der Waals surface area contributed by atoms with Gasteiger partial charge in [0.2, 0.25) is 5.91 Å². The highest BCUT2D eigenvalue weighted by atomic mass is 16.2. The first-order valence-electron chi connectivity index (χ1n) is 10.1. The normalized spacial score (nSPS) is 22.1. The molecular weight excluding hydrogens is 328 g/mol. The van der Waals surface area contributed by atoms with Crippen molar-refractivity contribution in [3.8, 4) is 0 Å². The first kappa shape index (κ1) is 21.0. The zero-order valence-electron chi connectivity index (χ0n) is 17.2. The summed E-state index contributed by atoms with van der Waals surface area (Å²) < 4.78 is 0. The molecule has 0 spiro atoms. The Bertz CT molecular complexity index is 465. The number of nitrogens with zero attached hydrogens (tertiary/aromatic N) is 4. The van der Waals surface area contributed by atoms with Crippen LogP contribution in [0.3, 0.4) is 0 Å². The Morgan fingerprint density at radius 3 is 2.31 bits per heavy atom. The molecule has 0 radical (unpaired) electrons. The van der Waals surface area contributed by atoms with Gasteiger partial charge in [0, 0.05) is 32.7 Å². The van der Waals surface area contributed by atoms with Crippen molar-refractivity contribution < 1.29 is 4.79 Å². The molecule has 0 atom stereocenters. The number of amides is 1. The predicted molar refractivity (Wildman–Crippen MR) is 108 cm³/mol. The second-order valence-corrected chi connectivity index (χ2v) is 7.91. The lowest BCUT2D eigenvalue weighted by Gasteiger charge is -2.50. The Labute approximate surface area is 159 Å². The Morgan fingerprint density at radius 1 is 1.08 bits per heavy atom. The molecule has 0 aliphatic carbocycles. The number of guanidine groups is 1. The molecule has 0 aromatic carbocycles. The highest BCUT2D eigenvalue weighted by Gasteiger charge is 2.39. The number of likely N-dealkylation sites (N-methyl/N-ethyl adjacent to an activating group) is 1. The average Bonchev–Trinajstić information content (AvgIpc) is 2.66. The highest BCUT2D eigenvalue weighted by molar-refractivity contribution is 5.84. The van der Waals surface area contributed by atoms with E-state index in [1.54, 1.807) is 19.0 Å². The number of likely N-dealkylation sites (tertiary alicyclic amines) is 2. The molecule has 2 aliphatic heterocycles. The summed E-state index contributed by atoms with van der Waals surface area (Å²) in [5, 5.41) is 6.83. The summed E-state index contributed by atoms with van der Waals surface area (Å²) in [6.45, 7) is 8.62. The zero-order chi connectivity index (χ0) is 19.0. The smallest absolute Gasteiger partial charge is 0.243 e. The van der Waals surface area contributed by atoms with Gasteiger partial charge in [0.15, 0.2) is 5.96 Å². The summed E-state index contributed by atoms with van der Waals surface area (Å²) >= 11 is 0. The third-order valence-electron chi connectivity index (χ3n) is 5.74. The van der Waals surface area contributed by atoms with Crippen LogP contribution in [-0.2, 0) is 4.79 Å². The van der Waals surface area contributed by atoms with E-state index in [-0.39, 0.29) is 18.0 Å². The summed E-state index contributed by atoms with van der Waals surface area (Å²) in [6, 6.07) is 0. The van der Waals surface area contributed by atoms with Gasteiger partial charge in [-0.2, -0.15) is 0 Å². The number of hydrogen-bond donors (Lipinski definition) is 2. The van der Waals surface area contributed by atoms with Crippen LogP contribution in [0.2, 0.25) is 0 Å². The van der Waals surface area contributed by atoms with E-state index in [4.69, 9.17) is 0 Å². The average molecular weight is 367 g/mol. The fourth-order valence-electron chi connectivity index (χ4n) is 3.89. The maximum Gasteiger partial charge on any atom is 0.243 e. The molecule has 0 saturated carbocycles. The standard InChI is InChI=1S/C19H38N6O/c1-5-20-18(21-15-17(26)23(2)3)22-16-19(9-13-24(4)14-10-19)25-11-7-6-8-12-25/h5-16H2,1-4H3,(H2,20,21,22). The number of piperidine rings is 2. The van der Waals surface area contributed by atoms with E-state index in [2.05, 4.69) is 39.4 Å². The van der Waals surface area contributed by atoms with Gasteiger partial charge in [-0.05, 0) is 65.8 Å². The molecule has 1 amide bonds. The number of carbonyl (C=O) groups excluding carboxylic acids is 1. The molecule has 2 rings (SSSR count). The minimum atomic E-state index is 0.0206. The summed E-state index contributed by atoms with van der Waals surface area (Å²) in [5.41, 5.74) is 0.203. The fraction of sp³-hybridized carbons (Fsp3) is 0.895. The molecule has 2 aliphatic rings. The van der Waals surface area contributed by atoms with Crippen molar-refractivity contribution in [1.82, 2.24) is 25.3 Å². The Morgan fingerprint density at radius 2 is 1.73 bits per heavy atom. The molecule has 7 nitrogen and oxygen atoms in total. The van der Waals surface area contributed by atoms with Crippen LogP contribution in [0.4, 0.5) is 0 Å². The van der Waals surface area contributed by atoms with E-state index >= 15 is 0 Å². The molecule has 2 N–H and O–H groups in total. The van der Waals surface area contributed by atoms with Gasteiger partial charge in [-0.1, -0.05) is 6.42 Å². The SMILES string of the molecule is CCNC(=NCC(=O)N(C)C)NCC1(N2CCCCC2)CCN(C)CC1. The van der Waals surface area contributed by atoms with E-state index in [9.17, 15) is 4.79 Å². The van der Waals surface area contributed by atoms with Gasteiger partial charge in [-0.15, -0.1) is 0 Å². The fourth-order valence-corrected chi connectivity index (χ4v) is 3.89. The van der Waals surface area contributed by atoms with Crippen LogP contribution in [-0.4, -0.2) is 99.1 Å². The van der Waals surface area contributed by atoms with Gasteiger partial charge in [-0.3, -0.25) is 9.69 Å². The van der Waals surface area contributed by atoms with Gasteiger partial charge in [-0.25, -0.2) is 4.99 Å². The quantitative estimate of drug-likeness (QED) is 0.532. The van der Waals surface area contributed by atoms with Crippen LogP contribution in [0, 0.1) is 0 Å². The van der Waals surface area contributed by atoms with Crippen molar-refractivity contribution in [2.75, 3.05) is 67.0 Å². The van der Waals surface area contributed by atoms with E-state index < -0.39 is 0 Å². The van der Waals surface area contributed by atoms with Gasteiger partial charge in [0.25, 0.3) is 0 Å². The molecule has 0 aromatic heterocycles. The molecule has 7 heteroatoms. The van der Waals surface area contributed by atoms with Crippen LogP contribution in [0.1, 0.15) is 39.0 Å². The first-order chi connectivity index (χ1) is 12.5. The van der Waals surface area contributed by atoms with Gasteiger partial charge < -0.3 is 20.4 Å². The molecule has 2 saturated heterocycles. The van der Waals surface area contributed by atoms with Crippen molar-refractivity contribution in [2.24, 2.45) is 4.99 Å². The van der Waals surface area contributed by atoms with Crippen LogP contribution >= 0.6 is 0 Å². The van der Waals surface area contributed by atoms with Crippen LogP contribution in [0.5, 0.6) is 0 Å². The predicted octanol–water partition coefficient (Wildman–Crippen LogP) is 0.580. The molecular formula is C19H38N6O. The number of nitrogens with one attached hydrogen (secondary N) is 2. The largest absolute Gasteiger partial charge is 0.357 e. The van der Waals surface area contributed by atoms with E-state index in [0.29, 0.717) is 0 Å². The minimum Gasteiger partial charge on any atom is -0.357 e. The zero-order valence-corrected chi connectivity index (χ0v) is 17.2. The van der Waals surface area contributed by atoms with E-state index in [1.807, 2.05) is 0 Å². The van der Waals surface area contributed by atoms with E-state index in [0.717, 1.165) is 32.1 Å². The van der Waals surface area contributed by atoms with Crippen molar-refractivity contribution in [2.45, 2.75) is 44.6 Å². The maximum atomic E-state index is 11.9. The number of hydrogen-bond acceptors (Lipinski definition) is 4. The highest BCUT2D eigenvalue weighted by Crippen LogP contribution is 2.30. The summed E-state index contributed by atoms with van der Waals surface area (Å²) in [6.07, 6.45) is 6.35.